The van der Waals surface area contributed by atoms with Gasteiger partial charge in [-0.05, 0) is 30.7 Å². The largest absolute Gasteiger partial charge is 0.174 e. The first-order valence-electron chi connectivity index (χ1n) is 4.53. The fourth-order valence-corrected chi connectivity index (χ4v) is 2.33. The zero-order valence-electron chi connectivity index (χ0n) is 7.39. The second-order valence-electron chi connectivity index (χ2n) is 3.02. The highest BCUT2D eigenvalue weighted by atomic mass is 32.2. The first kappa shape index (κ1) is 8.75. The molecule has 0 spiro atoms. The molecule has 1 heterocycles. The molecule has 0 bridgehead atoms. The molecule has 0 radical (unpaired) electrons. The first-order chi connectivity index (χ1) is 6.45. The van der Waals surface area contributed by atoms with E-state index in [2.05, 4.69) is 10.2 Å². The van der Waals surface area contributed by atoms with Crippen molar-refractivity contribution in [2.45, 2.75) is 18.2 Å². The average Bonchev–Trinajstić information content (AvgIpc) is 2.69. The second kappa shape index (κ2) is 4.42. The van der Waals surface area contributed by atoms with Crippen molar-refractivity contribution in [1.29, 1.82) is 0 Å². The van der Waals surface area contributed by atoms with Crippen LogP contribution in [0.4, 0.5) is 5.69 Å². The van der Waals surface area contributed by atoms with Crippen LogP contribution in [0.5, 0.6) is 0 Å². The number of benzene rings is 1. The first-order valence-corrected chi connectivity index (χ1v) is 5.57. The third kappa shape index (κ3) is 2.56. The summed E-state index contributed by atoms with van der Waals surface area (Å²) in [6.45, 7) is 0. The van der Waals surface area contributed by atoms with Crippen molar-refractivity contribution < 1.29 is 0 Å². The van der Waals surface area contributed by atoms with Gasteiger partial charge in [0.05, 0.1) is 5.69 Å². The molecule has 0 aromatic heterocycles. The summed E-state index contributed by atoms with van der Waals surface area (Å²) in [7, 11) is 0. The molecule has 0 amide bonds. The maximum atomic E-state index is 4.28. The highest BCUT2D eigenvalue weighted by molar-refractivity contribution is 8.00. The third-order valence-electron chi connectivity index (χ3n) is 1.96. The molecule has 1 aromatic carbocycles. The van der Waals surface area contributed by atoms with Crippen LogP contribution in [0.2, 0.25) is 0 Å². The van der Waals surface area contributed by atoms with Gasteiger partial charge in [0.15, 0.2) is 0 Å². The van der Waals surface area contributed by atoms with E-state index in [0.29, 0.717) is 5.37 Å². The van der Waals surface area contributed by atoms with Crippen molar-refractivity contribution in [3.63, 3.8) is 0 Å². The van der Waals surface area contributed by atoms with Gasteiger partial charge in [-0.2, -0.15) is 10.2 Å². The summed E-state index contributed by atoms with van der Waals surface area (Å²) in [5, 5.41) is 8.88. The van der Waals surface area contributed by atoms with Crippen molar-refractivity contribution >= 4 is 17.4 Å². The Morgan fingerprint density at radius 2 is 2.08 bits per heavy atom. The van der Waals surface area contributed by atoms with Crippen LogP contribution in [0.25, 0.3) is 0 Å². The highest BCUT2D eigenvalue weighted by Crippen LogP contribution is 2.28. The summed E-state index contributed by atoms with van der Waals surface area (Å²) in [5.41, 5.74) is 0.954. The van der Waals surface area contributed by atoms with Crippen molar-refractivity contribution in [3.05, 3.63) is 30.3 Å². The Bertz CT molecular complexity index is 278. The number of rotatable bonds is 2. The van der Waals surface area contributed by atoms with Crippen LogP contribution in [0, 0.1) is 0 Å². The predicted molar refractivity (Wildman–Crippen MR) is 56.4 cm³/mol. The predicted octanol–water partition coefficient (Wildman–Crippen LogP) is 3.62. The molecule has 2 rings (SSSR count). The molecular formula is C10H12N2S. The van der Waals surface area contributed by atoms with E-state index in [1.807, 2.05) is 42.1 Å². The Labute approximate surface area is 82.5 Å². The van der Waals surface area contributed by atoms with E-state index in [0.717, 1.165) is 5.69 Å². The van der Waals surface area contributed by atoms with Gasteiger partial charge < -0.3 is 0 Å². The van der Waals surface area contributed by atoms with Gasteiger partial charge in [0, 0.05) is 0 Å². The van der Waals surface area contributed by atoms with E-state index in [1.54, 1.807) is 0 Å². The van der Waals surface area contributed by atoms with Crippen molar-refractivity contribution in [3.8, 4) is 0 Å². The van der Waals surface area contributed by atoms with Crippen LogP contribution in [0.15, 0.2) is 40.6 Å². The lowest BCUT2D eigenvalue weighted by Gasteiger charge is -1.97. The summed E-state index contributed by atoms with van der Waals surface area (Å²) < 4.78 is 0. The summed E-state index contributed by atoms with van der Waals surface area (Å²) in [4.78, 5) is 0. The molecule has 68 valence electrons. The summed E-state index contributed by atoms with van der Waals surface area (Å²) in [5.74, 6) is 1.23. The van der Waals surface area contributed by atoms with Gasteiger partial charge in [-0.25, -0.2) is 0 Å². The Balaban J connectivity index is 1.97. The van der Waals surface area contributed by atoms with Crippen LogP contribution in [-0.2, 0) is 0 Å². The molecule has 2 nitrogen and oxygen atoms in total. The molecule has 1 aromatic rings. The Morgan fingerprint density at radius 1 is 1.23 bits per heavy atom. The van der Waals surface area contributed by atoms with Gasteiger partial charge >= 0.3 is 0 Å². The molecule has 1 fully saturated rings. The number of hydrogen-bond donors (Lipinski definition) is 0. The molecule has 0 aliphatic carbocycles. The third-order valence-corrected chi connectivity index (χ3v) is 3.20. The zero-order valence-corrected chi connectivity index (χ0v) is 8.20. The standard InChI is InChI=1S/C10H12N2S/c1-2-5-9(6-3-1)11-12-10-7-4-8-13-10/h1-3,5-6,10H,4,7-8H2. The molecule has 1 aliphatic rings. The zero-order chi connectivity index (χ0) is 8.93. The number of thioether (sulfide) groups is 1. The lowest BCUT2D eigenvalue weighted by Crippen LogP contribution is -1.86. The molecule has 0 saturated carbocycles. The number of hydrogen-bond acceptors (Lipinski definition) is 3. The summed E-state index contributed by atoms with van der Waals surface area (Å²) >= 11 is 1.90. The van der Waals surface area contributed by atoms with Gasteiger partial charge in [0.2, 0.25) is 0 Å². The van der Waals surface area contributed by atoms with Crippen LogP contribution in [-0.4, -0.2) is 11.1 Å². The molecule has 0 N–H and O–H groups in total. The van der Waals surface area contributed by atoms with Gasteiger partial charge in [0.25, 0.3) is 0 Å². The van der Waals surface area contributed by atoms with Gasteiger partial charge in [-0.15, -0.1) is 11.8 Å². The Kier molecular flexibility index (Phi) is 2.98. The Morgan fingerprint density at radius 3 is 2.77 bits per heavy atom. The molecule has 13 heavy (non-hydrogen) atoms. The topological polar surface area (TPSA) is 24.7 Å². The number of nitrogens with zero attached hydrogens (tertiary/aromatic N) is 2. The van der Waals surface area contributed by atoms with E-state index in [-0.39, 0.29) is 0 Å². The maximum Gasteiger partial charge on any atom is 0.116 e. The maximum absolute atomic E-state index is 4.28. The molecule has 1 atom stereocenters. The minimum absolute atomic E-state index is 0.403. The van der Waals surface area contributed by atoms with E-state index in [1.165, 1.54) is 18.6 Å². The van der Waals surface area contributed by atoms with Crippen molar-refractivity contribution in [1.82, 2.24) is 0 Å². The lowest BCUT2D eigenvalue weighted by atomic mass is 10.3. The normalized spacial score (nSPS) is 22.6. The minimum Gasteiger partial charge on any atom is -0.174 e. The van der Waals surface area contributed by atoms with Crippen LogP contribution < -0.4 is 0 Å². The average molecular weight is 192 g/mol. The molecule has 3 heteroatoms. The van der Waals surface area contributed by atoms with Crippen LogP contribution >= 0.6 is 11.8 Å². The highest BCUT2D eigenvalue weighted by Gasteiger charge is 2.13. The van der Waals surface area contributed by atoms with Gasteiger partial charge in [-0.1, -0.05) is 18.2 Å². The molecule has 1 unspecified atom stereocenters. The van der Waals surface area contributed by atoms with E-state index < -0.39 is 0 Å². The van der Waals surface area contributed by atoms with Crippen molar-refractivity contribution in [2.75, 3.05) is 5.75 Å². The fraction of sp³-hybridized carbons (Fsp3) is 0.400. The summed E-state index contributed by atoms with van der Waals surface area (Å²) in [6.07, 6.45) is 2.46. The SMILES string of the molecule is c1ccc(N=NC2CCCS2)cc1. The smallest absolute Gasteiger partial charge is 0.116 e. The second-order valence-corrected chi connectivity index (χ2v) is 4.30. The van der Waals surface area contributed by atoms with Gasteiger partial charge in [-0.3, -0.25) is 0 Å². The van der Waals surface area contributed by atoms with E-state index in [4.69, 9.17) is 0 Å². The van der Waals surface area contributed by atoms with Crippen LogP contribution in [0.1, 0.15) is 12.8 Å². The van der Waals surface area contributed by atoms with Crippen molar-refractivity contribution in [2.24, 2.45) is 10.2 Å². The van der Waals surface area contributed by atoms with E-state index in [9.17, 15) is 0 Å². The molecule has 1 aliphatic heterocycles. The quantitative estimate of drug-likeness (QED) is 0.657. The van der Waals surface area contributed by atoms with E-state index >= 15 is 0 Å². The number of azo groups is 1. The van der Waals surface area contributed by atoms with Gasteiger partial charge in [0.1, 0.15) is 5.37 Å². The molecular weight excluding hydrogens is 180 g/mol. The lowest BCUT2D eigenvalue weighted by molar-refractivity contribution is 0.780. The summed E-state index contributed by atoms with van der Waals surface area (Å²) in [6, 6.07) is 9.90. The van der Waals surface area contributed by atoms with Crippen LogP contribution in [0.3, 0.4) is 0 Å². The Hall–Kier alpha value is -0.830. The minimum atomic E-state index is 0.403. The molecule has 1 saturated heterocycles. The monoisotopic (exact) mass is 192 g/mol. The fourth-order valence-electron chi connectivity index (χ4n) is 1.28.